The Bertz CT molecular complexity index is 575. The Balaban J connectivity index is 2.13. The van der Waals surface area contributed by atoms with Crippen molar-refractivity contribution in [3.63, 3.8) is 0 Å². The van der Waals surface area contributed by atoms with Crippen LogP contribution in [0.1, 0.15) is 19.4 Å². The smallest absolute Gasteiger partial charge is 0.124 e. The van der Waals surface area contributed by atoms with E-state index in [0.717, 1.165) is 31.9 Å². The molecule has 1 aliphatic rings. The van der Waals surface area contributed by atoms with Crippen LogP contribution >= 0.6 is 0 Å². The summed E-state index contributed by atoms with van der Waals surface area (Å²) in [6, 6.07) is 8.63. The summed E-state index contributed by atoms with van der Waals surface area (Å²) in [7, 11) is 0. The summed E-state index contributed by atoms with van der Waals surface area (Å²) in [6.07, 6.45) is 0. The van der Waals surface area contributed by atoms with Crippen LogP contribution in [0, 0.1) is 28.5 Å². The molecule has 0 atom stereocenters. The number of benzene rings is 1. The number of nitriles is 2. The molecule has 1 saturated heterocycles. The lowest BCUT2D eigenvalue weighted by Crippen LogP contribution is -2.54. The van der Waals surface area contributed by atoms with E-state index < -0.39 is 11.4 Å². The molecular formula is C15H17FN4. The summed E-state index contributed by atoms with van der Waals surface area (Å²) >= 11 is 0. The highest BCUT2D eigenvalue weighted by molar-refractivity contribution is 5.59. The van der Waals surface area contributed by atoms with Gasteiger partial charge in [-0.15, -0.1) is 0 Å². The zero-order valence-electron chi connectivity index (χ0n) is 11.7. The molecule has 0 radical (unpaired) electrons. The fraction of sp³-hybridized carbons (Fsp3) is 0.467. The van der Waals surface area contributed by atoms with Gasteiger partial charge in [0.1, 0.15) is 17.4 Å². The molecule has 0 saturated carbocycles. The Labute approximate surface area is 118 Å². The summed E-state index contributed by atoms with van der Waals surface area (Å²) < 4.78 is 13.2. The van der Waals surface area contributed by atoms with Crippen molar-refractivity contribution in [3.8, 4) is 12.1 Å². The molecule has 1 fully saturated rings. The van der Waals surface area contributed by atoms with Crippen molar-refractivity contribution in [1.82, 2.24) is 4.90 Å². The van der Waals surface area contributed by atoms with E-state index in [2.05, 4.69) is 15.9 Å². The van der Waals surface area contributed by atoms with Crippen LogP contribution < -0.4 is 4.90 Å². The molecule has 0 N–H and O–H groups in total. The van der Waals surface area contributed by atoms with Crippen molar-refractivity contribution in [1.29, 1.82) is 10.5 Å². The zero-order chi connectivity index (χ0) is 14.8. The molecule has 2 rings (SSSR count). The van der Waals surface area contributed by atoms with Crippen molar-refractivity contribution in [2.45, 2.75) is 19.4 Å². The minimum Gasteiger partial charge on any atom is -0.368 e. The first-order chi connectivity index (χ1) is 9.47. The molecule has 0 bridgehead atoms. The second-order valence-electron chi connectivity index (χ2n) is 5.42. The molecule has 1 aliphatic heterocycles. The molecule has 1 heterocycles. The summed E-state index contributed by atoms with van der Waals surface area (Å²) in [5.74, 6) is -0.394. The molecule has 0 spiro atoms. The van der Waals surface area contributed by atoms with E-state index in [9.17, 15) is 4.39 Å². The van der Waals surface area contributed by atoms with E-state index in [1.165, 1.54) is 12.1 Å². The van der Waals surface area contributed by atoms with E-state index >= 15 is 0 Å². The molecular weight excluding hydrogens is 255 g/mol. The summed E-state index contributed by atoms with van der Waals surface area (Å²) in [5, 5.41) is 18.2. The van der Waals surface area contributed by atoms with Gasteiger partial charge in [0.05, 0.1) is 17.3 Å². The topological polar surface area (TPSA) is 54.1 Å². The lowest BCUT2D eigenvalue weighted by atomic mass is 10.0. The molecule has 20 heavy (non-hydrogen) atoms. The van der Waals surface area contributed by atoms with Crippen LogP contribution in [0.3, 0.4) is 0 Å². The second-order valence-corrected chi connectivity index (χ2v) is 5.42. The summed E-state index contributed by atoms with van der Waals surface area (Å²) in [4.78, 5) is 4.20. The number of piperazine rings is 1. The van der Waals surface area contributed by atoms with Crippen LogP contribution in [0.4, 0.5) is 10.1 Å². The first-order valence-electron chi connectivity index (χ1n) is 6.59. The SMILES string of the molecule is CC(C)(C#N)N1CCN(c2ccc(F)cc2C#N)CC1. The van der Waals surface area contributed by atoms with E-state index in [0.29, 0.717) is 5.56 Å². The van der Waals surface area contributed by atoms with Gasteiger partial charge >= 0.3 is 0 Å². The number of hydrogen-bond donors (Lipinski definition) is 0. The number of nitrogens with zero attached hydrogens (tertiary/aromatic N) is 4. The van der Waals surface area contributed by atoms with E-state index in [1.54, 1.807) is 6.07 Å². The lowest BCUT2D eigenvalue weighted by Gasteiger charge is -2.41. The predicted octanol–water partition coefficient (Wildman–Crippen LogP) is 2.12. The van der Waals surface area contributed by atoms with Gasteiger partial charge in [0.2, 0.25) is 0 Å². The zero-order valence-corrected chi connectivity index (χ0v) is 11.7. The highest BCUT2D eigenvalue weighted by atomic mass is 19.1. The van der Waals surface area contributed by atoms with E-state index in [-0.39, 0.29) is 0 Å². The van der Waals surface area contributed by atoms with Gasteiger partial charge in [-0.2, -0.15) is 10.5 Å². The Morgan fingerprint density at radius 1 is 1.15 bits per heavy atom. The van der Waals surface area contributed by atoms with E-state index in [1.807, 2.05) is 19.9 Å². The first-order valence-corrected chi connectivity index (χ1v) is 6.59. The molecule has 0 amide bonds. The summed E-state index contributed by atoms with van der Waals surface area (Å²) in [5.41, 5.74) is 0.647. The van der Waals surface area contributed by atoms with Gasteiger partial charge in [-0.3, -0.25) is 4.90 Å². The Morgan fingerprint density at radius 2 is 1.80 bits per heavy atom. The third kappa shape index (κ3) is 2.74. The molecule has 1 aromatic carbocycles. The number of anilines is 1. The maximum absolute atomic E-state index is 13.2. The fourth-order valence-electron chi connectivity index (χ4n) is 2.45. The maximum Gasteiger partial charge on any atom is 0.124 e. The molecule has 5 heteroatoms. The summed E-state index contributed by atoms with van der Waals surface area (Å²) in [6.45, 7) is 6.77. The van der Waals surface area contributed by atoms with Crippen LogP contribution in [0.5, 0.6) is 0 Å². The molecule has 0 aliphatic carbocycles. The minimum atomic E-state index is -0.479. The number of halogens is 1. The molecule has 1 aromatic rings. The van der Waals surface area contributed by atoms with Gasteiger partial charge in [0, 0.05) is 26.2 Å². The van der Waals surface area contributed by atoms with Crippen LogP contribution in [-0.2, 0) is 0 Å². The largest absolute Gasteiger partial charge is 0.368 e. The number of hydrogen-bond acceptors (Lipinski definition) is 4. The monoisotopic (exact) mass is 272 g/mol. The van der Waals surface area contributed by atoms with Gasteiger partial charge in [-0.05, 0) is 32.0 Å². The van der Waals surface area contributed by atoms with Crippen molar-refractivity contribution < 1.29 is 4.39 Å². The average molecular weight is 272 g/mol. The third-order valence-corrected chi connectivity index (χ3v) is 3.76. The van der Waals surface area contributed by atoms with Gasteiger partial charge in [-0.1, -0.05) is 0 Å². The highest BCUT2D eigenvalue weighted by Crippen LogP contribution is 2.24. The fourth-order valence-corrected chi connectivity index (χ4v) is 2.45. The van der Waals surface area contributed by atoms with Crippen molar-refractivity contribution in [3.05, 3.63) is 29.6 Å². The van der Waals surface area contributed by atoms with Crippen molar-refractivity contribution in [2.75, 3.05) is 31.1 Å². The lowest BCUT2D eigenvalue weighted by molar-refractivity contribution is 0.158. The minimum absolute atomic E-state index is 0.359. The van der Waals surface area contributed by atoms with Gasteiger partial charge in [-0.25, -0.2) is 4.39 Å². The average Bonchev–Trinajstić information content (AvgIpc) is 2.47. The van der Waals surface area contributed by atoms with Crippen LogP contribution in [0.2, 0.25) is 0 Å². The Morgan fingerprint density at radius 3 is 2.35 bits per heavy atom. The standard InChI is InChI=1S/C15H17FN4/c1-15(2,11-18)20-7-5-19(6-8-20)14-4-3-13(16)9-12(14)10-17/h3-4,9H,5-8H2,1-2H3. The third-order valence-electron chi connectivity index (χ3n) is 3.76. The number of rotatable bonds is 2. The second kappa shape index (κ2) is 5.48. The quantitative estimate of drug-likeness (QED) is 0.827. The van der Waals surface area contributed by atoms with Crippen LogP contribution in [-0.4, -0.2) is 36.6 Å². The van der Waals surface area contributed by atoms with Gasteiger partial charge < -0.3 is 4.90 Å². The van der Waals surface area contributed by atoms with Crippen LogP contribution in [0.25, 0.3) is 0 Å². The first kappa shape index (κ1) is 14.3. The van der Waals surface area contributed by atoms with Crippen molar-refractivity contribution >= 4 is 5.69 Å². The Hall–Kier alpha value is -2.11. The van der Waals surface area contributed by atoms with Crippen LogP contribution in [0.15, 0.2) is 18.2 Å². The predicted molar refractivity (Wildman–Crippen MR) is 74.6 cm³/mol. The highest BCUT2D eigenvalue weighted by Gasteiger charge is 2.30. The van der Waals surface area contributed by atoms with Crippen molar-refractivity contribution in [2.24, 2.45) is 0 Å². The van der Waals surface area contributed by atoms with E-state index in [4.69, 9.17) is 10.5 Å². The molecule has 4 nitrogen and oxygen atoms in total. The molecule has 104 valence electrons. The normalized spacial score (nSPS) is 16.6. The molecule has 0 aromatic heterocycles. The molecule has 0 unspecified atom stereocenters. The Kier molecular flexibility index (Phi) is 3.92. The van der Waals surface area contributed by atoms with Gasteiger partial charge in [0.15, 0.2) is 0 Å². The maximum atomic E-state index is 13.2. The van der Waals surface area contributed by atoms with Gasteiger partial charge in [0.25, 0.3) is 0 Å².